The van der Waals surface area contributed by atoms with Crippen molar-refractivity contribution in [1.82, 2.24) is 5.32 Å². The topological polar surface area (TPSA) is 90.9 Å². The lowest BCUT2D eigenvalue weighted by Gasteiger charge is -2.19. The van der Waals surface area contributed by atoms with E-state index in [-0.39, 0.29) is 11.6 Å². The lowest BCUT2D eigenvalue weighted by atomic mass is 9.98. The van der Waals surface area contributed by atoms with Gasteiger partial charge in [0, 0.05) is 17.6 Å². The molecule has 0 bridgehead atoms. The van der Waals surface area contributed by atoms with Crippen LogP contribution in [0.1, 0.15) is 17.2 Å². The maximum atomic E-state index is 12.7. The van der Waals surface area contributed by atoms with Crippen molar-refractivity contribution < 1.29 is 4.79 Å². The molecule has 1 amide bonds. The summed E-state index contributed by atoms with van der Waals surface area (Å²) in [6, 6.07) is 27.9. The Balaban J connectivity index is 1.81. The summed E-state index contributed by atoms with van der Waals surface area (Å²) in [5.41, 5.74) is 8.89. The van der Waals surface area contributed by atoms with Gasteiger partial charge in [0.2, 0.25) is 0 Å². The van der Waals surface area contributed by atoms with Gasteiger partial charge >= 0.3 is 0 Å². The Kier molecular flexibility index (Phi) is 6.06. The predicted molar refractivity (Wildman–Crippen MR) is 111 cm³/mol. The maximum Gasteiger partial charge on any atom is 0.264 e. The molecule has 0 saturated heterocycles. The van der Waals surface area contributed by atoms with Crippen LogP contribution in [0.15, 0.2) is 96.7 Å². The number of amides is 1. The Morgan fingerprint density at radius 1 is 0.893 bits per heavy atom. The fourth-order valence-electron chi connectivity index (χ4n) is 2.74. The Bertz CT molecular complexity index is 951. The van der Waals surface area contributed by atoms with Crippen molar-refractivity contribution in [1.29, 1.82) is 5.26 Å². The van der Waals surface area contributed by atoms with Crippen LogP contribution in [-0.4, -0.2) is 5.91 Å². The zero-order valence-electron chi connectivity index (χ0n) is 15.2. The predicted octanol–water partition coefficient (Wildman–Crippen LogP) is 3.99. The molecule has 138 valence electrons. The third-order valence-electron chi connectivity index (χ3n) is 4.20. The summed E-state index contributed by atoms with van der Waals surface area (Å²) in [5, 5.41) is 15.3. The van der Waals surface area contributed by atoms with Crippen molar-refractivity contribution in [3.8, 4) is 6.07 Å². The minimum absolute atomic E-state index is 0.0197. The van der Waals surface area contributed by atoms with Crippen LogP contribution in [0.3, 0.4) is 0 Å². The van der Waals surface area contributed by atoms with Crippen LogP contribution >= 0.6 is 0 Å². The van der Waals surface area contributed by atoms with Gasteiger partial charge in [0.25, 0.3) is 5.91 Å². The van der Waals surface area contributed by atoms with Crippen molar-refractivity contribution in [3.05, 3.63) is 108 Å². The third kappa shape index (κ3) is 4.77. The lowest BCUT2D eigenvalue weighted by molar-refractivity contribution is -0.117. The minimum atomic E-state index is -0.455. The zero-order valence-corrected chi connectivity index (χ0v) is 15.2. The fourth-order valence-corrected chi connectivity index (χ4v) is 2.74. The molecule has 0 aromatic heterocycles. The molecular formula is C23H20N4O. The molecule has 0 unspecified atom stereocenters. The van der Waals surface area contributed by atoms with E-state index in [0.717, 1.165) is 16.8 Å². The highest BCUT2D eigenvalue weighted by atomic mass is 16.1. The fraction of sp³-hybridized carbons (Fsp3) is 0.0435. The van der Waals surface area contributed by atoms with Crippen LogP contribution in [0.25, 0.3) is 0 Å². The van der Waals surface area contributed by atoms with E-state index < -0.39 is 5.91 Å². The SMILES string of the molecule is N#C/C(=C/Nc1ccc(N)cc1)C(=O)NC(c1ccccc1)c1ccccc1. The van der Waals surface area contributed by atoms with E-state index in [2.05, 4.69) is 10.6 Å². The van der Waals surface area contributed by atoms with Crippen LogP contribution < -0.4 is 16.4 Å². The molecule has 0 heterocycles. The largest absolute Gasteiger partial charge is 0.399 e. The van der Waals surface area contributed by atoms with Gasteiger partial charge in [-0.05, 0) is 35.4 Å². The van der Waals surface area contributed by atoms with Gasteiger partial charge in [-0.2, -0.15) is 5.26 Å². The van der Waals surface area contributed by atoms with Gasteiger partial charge in [0.15, 0.2) is 0 Å². The van der Waals surface area contributed by atoms with Crippen molar-refractivity contribution in [2.24, 2.45) is 0 Å². The van der Waals surface area contributed by atoms with E-state index >= 15 is 0 Å². The van der Waals surface area contributed by atoms with E-state index in [1.165, 1.54) is 6.20 Å². The van der Waals surface area contributed by atoms with Gasteiger partial charge in [-0.3, -0.25) is 4.79 Å². The first-order chi connectivity index (χ1) is 13.7. The highest BCUT2D eigenvalue weighted by molar-refractivity contribution is 5.98. The molecule has 0 fully saturated rings. The number of nitrogens with two attached hydrogens (primary N) is 1. The smallest absolute Gasteiger partial charge is 0.264 e. The lowest BCUT2D eigenvalue weighted by Crippen LogP contribution is -2.30. The van der Waals surface area contributed by atoms with Crippen molar-refractivity contribution in [2.75, 3.05) is 11.1 Å². The summed E-state index contributed by atoms with van der Waals surface area (Å²) < 4.78 is 0. The number of nitrogens with zero attached hydrogens (tertiary/aromatic N) is 1. The zero-order chi connectivity index (χ0) is 19.8. The van der Waals surface area contributed by atoms with Crippen LogP contribution in [0.2, 0.25) is 0 Å². The Hall–Kier alpha value is -4.04. The van der Waals surface area contributed by atoms with Gasteiger partial charge in [0.1, 0.15) is 11.6 Å². The Morgan fingerprint density at radius 2 is 1.43 bits per heavy atom. The number of nitrogen functional groups attached to an aromatic ring is 1. The molecule has 5 nitrogen and oxygen atoms in total. The summed E-state index contributed by atoms with van der Waals surface area (Å²) >= 11 is 0. The number of hydrogen-bond donors (Lipinski definition) is 3. The van der Waals surface area contributed by atoms with Gasteiger partial charge in [-0.1, -0.05) is 60.7 Å². The second-order valence-corrected chi connectivity index (χ2v) is 6.16. The number of nitriles is 1. The third-order valence-corrected chi connectivity index (χ3v) is 4.20. The van der Waals surface area contributed by atoms with Crippen LogP contribution in [0.4, 0.5) is 11.4 Å². The summed E-state index contributed by atoms with van der Waals surface area (Å²) in [4.78, 5) is 12.7. The molecule has 0 spiro atoms. The molecule has 0 aliphatic rings. The summed E-state index contributed by atoms with van der Waals surface area (Å²) in [5.74, 6) is -0.455. The summed E-state index contributed by atoms with van der Waals surface area (Å²) in [7, 11) is 0. The van der Waals surface area contributed by atoms with E-state index in [1.54, 1.807) is 24.3 Å². The number of benzene rings is 3. The average molecular weight is 368 g/mol. The second-order valence-electron chi connectivity index (χ2n) is 6.16. The minimum Gasteiger partial charge on any atom is -0.399 e. The molecule has 4 N–H and O–H groups in total. The number of nitrogens with one attached hydrogen (secondary N) is 2. The monoisotopic (exact) mass is 368 g/mol. The molecule has 3 rings (SSSR count). The molecule has 3 aromatic rings. The molecule has 0 radical (unpaired) electrons. The van der Waals surface area contributed by atoms with E-state index in [1.807, 2.05) is 66.7 Å². The van der Waals surface area contributed by atoms with Crippen LogP contribution in [0.5, 0.6) is 0 Å². The van der Waals surface area contributed by atoms with E-state index in [4.69, 9.17) is 5.73 Å². The number of rotatable bonds is 6. The first-order valence-corrected chi connectivity index (χ1v) is 8.80. The van der Waals surface area contributed by atoms with Gasteiger partial charge < -0.3 is 16.4 Å². The molecule has 3 aromatic carbocycles. The molecule has 5 heteroatoms. The van der Waals surface area contributed by atoms with Crippen LogP contribution in [-0.2, 0) is 4.79 Å². The molecule has 0 saturated carbocycles. The first kappa shape index (κ1) is 18.7. The molecule has 28 heavy (non-hydrogen) atoms. The van der Waals surface area contributed by atoms with Crippen LogP contribution in [0, 0.1) is 11.3 Å². The highest BCUT2D eigenvalue weighted by Gasteiger charge is 2.19. The normalized spacial score (nSPS) is 10.9. The Morgan fingerprint density at radius 3 is 1.93 bits per heavy atom. The summed E-state index contributed by atoms with van der Waals surface area (Å²) in [6.07, 6.45) is 1.40. The van der Waals surface area contributed by atoms with Gasteiger partial charge in [-0.25, -0.2) is 0 Å². The molecule has 0 aliphatic heterocycles. The Labute approximate surface area is 164 Å². The average Bonchev–Trinajstić information content (AvgIpc) is 2.75. The molecule has 0 aliphatic carbocycles. The quantitative estimate of drug-likeness (QED) is 0.348. The van der Waals surface area contributed by atoms with Crippen molar-refractivity contribution in [2.45, 2.75) is 6.04 Å². The number of hydrogen-bond acceptors (Lipinski definition) is 4. The first-order valence-electron chi connectivity index (χ1n) is 8.80. The standard InChI is InChI=1S/C23H20N4O/c24-15-19(16-26-21-13-11-20(25)12-14-21)23(28)27-22(17-7-3-1-4-8-17)18-9-5-2-6-10-18/h1-14,16,22,26H,25H2,(H,27,28)/b19-16-. The number of carbonyl (C=O) groups excluding carboxylic acids is 1. The van der Waals surface area contributed by atoms with E-state index in [9.17, 15) is 10.1 Å². The molecule has 0 atom stereocenters. The van der Waals surface area contributed by atoms with Crippen molar-refractivity contribution >= 4 is 17.3 Å². The van der Waals surface area contributed by atoms with Gasteiger partial charge in [-0.15, -0.1) is 0 Å². The van der Waals surface area contributed by atoms with Gasteiger partial charge in [0.05, 0.1) is 6.04 Å². The maximum absolute atomic E-state index is 12.7. The second kappa shape index (κ2) is 9.06. The van der Waals surface area contributed by atoms with E-state index in [0.29, 0.717) is 5.69 Å². The highest BCUT2D eigenvalue weighted by Crippen LogP contribution is 2.22. The number of carbonyl (C=O) groups is 1. The molecular weight excluding hydrogens is 348 g/mol. The number of anilines is 2. The van der Waals surface area contributed by atoms with Crippen molar-refractivity contribution in [3.63, 3.8) is 0 Å². The summed E-state index contributed by atoms with van der Waals surface area (Å²) in [6.45, 7) is 0.